The van der Waals surface area contributed by atoms with Crippen molar-refractivity contribution in [1.82, 2.24) is 4.98 Å². The van der Waals surface area contributed by atoms with Gasteiger partial charge in [-0.2, -0.15) is 0 Å². The van der Waals surface area contributed by atoms with Crippen LogP contribution in [0.5, 0.6) is 0 Å². The number of anilines is 1. The van der Waals surface area contributed by atoms with Gasteiger partial charge in [-0.1, -0.05) is 38.0 Å². The molecule has 1 rings (SSSR count). The van der Waals surface area contributed by atoms with Crippen LogP contribution in [0.3, 0.4) is 0 Å². The molecule has 18 heavy (non-hydrogen) atoms. The number of thiocarbonyl (C=S) groups is 1. The fourth-order valence-corrected chi connectivity index (χ4v) is 2.00. The molecule has 0 amide bonds. The first kappa shape index (κ1) is 14.9. The van der Waals surface area contributed by atoms with E-state index < -0.39 is 0 Å². The third-order valence-corrected chi connectivity index (χ3v) is 3.12. The van der Waals surface area contributed by atoms with E-state index in [1.54, 1.807) is 0 Å². The number of unbranched alkanes of at least 4 members (excludes halogenated alkanes) is 2. The van der Waals surface area contributed by atoms with Crippen molar-refractivity contribution in [2.45, 2.75) is 46.1 Å². The Balaban J connectivity index is 2.84. The van der Waals surface area contributed by atoms with Gasteiger partial charge in [0.15, 0.2) is 0 Å². The van der Waals surface area contributed by atoms with Crippen LogP contribution in [-0.2, 0) is 0 Å². The molecule has 0 aliphatic carbocycles. The molecule has 1 heterocycles. The van der Waals surface area contributed by atoms with E-state index in [0.29, 0.717) is 16.7 Å². The number of rotatable bonds is 7. The van der Waals surface area contributed by atoms with Gasteiger partial charge >= 0.3 is 0 Å². The molecule has 0 bridgehead atoms. The summed E-state index contributed by atoms with van der Waals surface area (Å²) in [5.41, 5.74) is 6.33. The first-order chi connectivity index (χ1) is 8.56. The number of pyridine rings is 1. The second kappa shape index (κ2) is 7.31. The Morgan fingerprint density at radius 3 is 2.67 bits per heavy atom. The van der Waals surface area contributed by atoms with Gasteiger partial charge in [0.1, 0.15) is 10.8 Å². The minimum atomic E-state index is 0.356. The van der Waals surface area contributed by atoms with Gasteiger partial charge in [0.2, 0.25) is 0 Å². The first-order valence-corrected chi connectivity index (χ1v) is 7.00. The molecule has 0 radical (unpaired) electrons. The molecule has 0 saturated carbocycles. The lowest BCUT2D eigenvalue weighted by atomic mass is 10.2. The molecular weight excluding hydrogens is 242 g/mol. The number of hydrogen-bond donors (Lipinski definition) is 1. The van der Waals surface area contributed by atoms with E-state index in [2.05, 4.69) is 30.7 Å². The largest absolute Gasteiger partial charge is 0.388 e. The van der Waals surface area contributed by atoms with Crippen molar-refractivity contribution >= 4 is 23.0 Å². The second-order valence-electron chi connectivity index (χ2n) is 4.74. The normalized spacial score (nSPS) is 10.7. The monoisotopic (exact) mass is 265 g/mol. The first-order valence-electron chi connectivity index (χ1n) is 6.59. The Morgan fingerprint density at radius 2 is 2.11 bits per heavy atom. The van der Waals surface area contributed by atoms with E-state index in [0.717, 1.165) is 12.4 Å². The zero-order valence-electron chi connectivity index (χ0n) is 11.5. The van der Waals surface area contributed by atoms with E-state index in [-0.39, 0.29) is 0 Å². The maximum absolute atomic E-state index is 5.63. The van der Waals surface area contributed by atoms with Crippen molar-refractivity contribution in [3.05, 3.63) is 23.9 Å². The van der Waals surface area contributed by atoms with Crippen molar-refractivity contribution in [3.63, 3.8) is 0 Å². The Morgan fingerprint density at radius 1 is 1.39 bits per heavy atom. The van der Waals surface area contributed by atoms with Crippen LogP contribution in [-0.4, -0.2) is 22.6 Å². The van der Waals surface area contributed by atoms with Crippen molar-refractivity contribution in [2.24, 2.45) is 5.73 Å². The Hall–Kier alpha value is -1.16. The van der Waals surface area contributed by atoms with E-state index in [9.17, 15) is 0 Å². The number of aromatic nitrogens is 1. The van der Waals surface area contributed by atoms with Gasteiger partial charge in [-0.15, -0.1) is 0 Å². The predicted octanol–water partition coefficient (Wildman–Crippen LogP) is 3.12. The maximum atomic E-state index is 5.63. The fraction of sp³-hybridized carbons (Fsp3) is 0.571. The lowest BCUT2D eigenvalue weighted by molar-refractivity contribution is 0.620. The average Bonchev–Trinajstić information content (AvgIpc) is 2.34. The molecule has 1 aromatic heterocycles. The molecular formula is C14H23N3S. The van der Waals surface area contributed by atoms with E-state index in [1.807, 2.05) is 18.2 Å². The van der Waals surface area contributed by atoms with E-state index in [1.165, 1.54) is 19.3 Å². The van der Waals surface area contributed by atoms with Crippen LogP contribution in [0.1, 0.15) is 45.7 Å². The molecule has 0 aromatic carbocycles. The van der Waals surface area contributed by atoms with Crippen LogP contribution in [0.4, 0.5) is 5.82 Å². The third kappa shape index (κ3) is 4.26. The van der Waals surface area contributed by atoms with Crippen molar-refractivity contribution in [1.29, 1.82) is 0 Å². The van der Waals surface area contributed by atoms with E-state index >= 15 is 0 Å². The highest BCUT2D eigenvalue weighted by Crippen LogP contribution is 2.16. The Kier molecular flexibility index (Phi) is 6.05. The Bertz CT molecular complexity index is 390. The van der Waals surface area contributed by atoms with Gasteiger partial charge in [-0.05, 0) is 32.4 Å². The van der Waals surface area contributed by atoms with Crippen molar-refractivity contribution < 1.29 is 0 Å². The van der Waals surface area contributed by atoms with Gasteiger partial charge in [-0.25, -0.2) is 4.98 Å². The Labute approximate surface area is 115 Å². The van der Waals surface area contributed by atoms with Gasteiger partial charge in [-0.3, -0.25) is 0 Å². The molecule has 0 spiro atoms. The number of hydrogen-bond acceptors (Lipinski definition) is 3. The minimum Gasteiger partial charge on any atom is -0.388 e. The standard InChI is InChI=1S/C14H23N3S/c1-4-5-6-10-17(11(2)3)13-9-7-8-12(16-13)14(15)18/h7-9,11H,4-6,10H2,1-3H3,(H2,15,18). The highest BCUT2D eigenvalue weighted by Gasteiger charge is 2.12. The predicted molar refractivity (Wildman–Crippen MR) is 82.1 cm³/mol. The summed E-state index contributed by atoms with van der Waals surface area (Å²) in [6, 6.07) is 6.27. The topological polar surface area (TPSA) is 42.1 Å². The van der Waals surface area contributed by atoms with Crippen LogP contribution in [0.2, 0.25) is 0 Å². The van der Waals surface area contributed by atoms with Crippen LogP contribution in [0.25, 0.3) is 0 Å². The summed E-state index contributed by atoms with van der Waals surface area (Å²) in [6.07, 6.45) is 3.66. The molecule has 0 saturated heterocycles. The SMILES string of the molecule is CCCCCN(c1cccc(C(N)=S)n1)C(C)C. The van der Waals surface area contributed by atoms with E-state index in [4.69, 9.17) is 18.0 Å². The molecule has 0 aliphatic rings. The highest BCUT2D eigenvalue weighted by molar-refractivity contribution is 7.80. The summed E-state index contributed by atoms with van der Waals surface area (Å²) in [5.74, 6) is 0.964. The molecule has 1 aromatic rings. The zero-order chi connectivity index (χ0) is 13.5. The summed E-state index contributed by atoms with van der Waals surface area (Å²) in [7, 11) is 0. The molecule has 2 N–H and O–H groups in total. The molecule has 0 fully saturated rings. The summed E-state index contributed by atoms with van der Waals surface area (Å²) in [4.78, 5) is 7.19. The number of nitrogens with zero attached hydrogens (tertiary/aromatic N) is 2. The number of nitrogens with two attached hydrogens (primary N) is 1. The molecule has 4 heteroatoms. The molecule has 0 atom stereocenters. The molecule has 0 unspecified atom stereocenters. The van der Waals surface area contributed by atoms with Crippen LogP contribution in [0, 0.1) is 0 Å². The van der Waals surface area contributed by atoms with Gasteiger partial charge in [0, 0.05) is 12.6 Å². The smallest absolute Gasteiger partial charge is 0.129 e. The quantitative estimate of drug-likeness (QED) is 0.607. The maximum Gasteiger partial charge on any atom is 0.129 e. The average molecular weight is 265 g/mol. The fourth-order valence-electron chi connectivity index (χ4n) is 1.89. The minimum absolute atomic E-state index is 0.356. The van der Waals surface area contributed by atoms with Crippen molar-refractivity contribution in [2.75, 3.05) is 11.4 Å². The molecule has 0 aliphatic heterocycles. The molecule has 3 nitrogen and oxygen atoms in total. The molecule has 100 valence electrons. The van der Waals surface area contributed by atoms with Crippen molar-refractivity contribution in [3.8, 4) is 0 Å². The second-order valence-corrected chi connectivity index (χ2v) is 5.18. The summed E-state index contributed by atoms with van der Waals surface area (Å²) in [5, 5.41) is 0. The summed E-state index contributed by atoms with van der Waals surface area (Å²) >= 11 is 4.98. The van der Waals surface area contributed by atoms with Crippen LogP contribution >= 0.6 is 12.2 Å². The summed E-state index contributed by atoms with van der Waals surface area (Å²) < 4.78 is 0. The van der Waals surface area contributed by atoms with Crippen LogP contribution in [0.15, 0.2) is 18.2 Å². The lowest BCUT2D eigenvalue weighted by Gasteiger charge is -2.28. The van der Waals surface area contributed by atoms with Gasteiger partial charge in [0.25, 0.3) is 0 Å². The third-order valence-electron chi connectivity index (χ3n) is 2.91. The lowest BCUT2D eigenvalue weighted by Crippen LogP contribution is -2.33. The zero-order valence-corrected chi connectivity index (χ0v) is 12.3. The van der Waals surface area contributed by atoms with Crippen LogP contribution < -0.4 is 10.6 Å². The van der Waals surface area contributed by atoms with Gasteiger partial charge < -0.3 is 10.6 Å². The van der Waals surface area contributed by atoms with Gasteiger partial charge in [0.05, 0.1) is 5.69 Å². The highest BCUT2D eigenvalue weighted by atomic mass is 32.1. The summed E-state index contributed by atoms with van der Waals surface area (Å²) in [6.45, 7) is 7.60.